The Hall–Kier alpha value is -1.72. The zero-order valence-electron chi connectivity index (χ0n) is 33.5. The second kappa shape index (κ2) is 27.8. The molecular formula is C48H56Cl2Si2Ti2-2. The van der Waals surface area contributed by atoms with E-state index in [0.29, 0.717) is 11.8 Å². The van der Waals surface area contributed by atoms with Gasteiger partial charge in [0.2, 0.25) is 0 Å². The summed E-state index contributed by atoms with van der Waals surface area (Å²) in [4.78, 5) is 0. The summed E-state index contributed by atoms with van der Waals surface area (Å²) in [6, 6.07) is 36.2. The van der Waals surface area contributed by atoms with Crippen molar-refractivity contribution in [1.29, 1.82) is 0 Å². The summed E-state index contributed by atoms with van der Waals surface area (Å²) < 4.78 is 0. The van der Waals surface area contributed by atoms with Crippen molar-refractivity contribution >= 4 is 12.4 Å². The molecule has 4 aliphatic rings. The van der Waals surface area contributed by atoms with Crippen LogP contribution in [0.4, 0.5) is 0 Å². The Balaban J connectivity index is 0.000000338. The quantitative estimate of drug-likeness (QED) is 0.131. The van der Waals surface area contributed by atoms with Gasteiger partial charge in [-0.3, -0.25) is 12.2 Å². The smallest absolute Gasteiger partial charge is 0.0253 e. The fourth-order valence-corrected chi connectivity index (χ4v) is 6.04. The van der Waals surface area contributed by atoms with E-state index in [9.17, 15) is 0 Å². The summed E-state index contributed by atoms with van der Waals surface area (Å²) in [6.07, 6.45) is 22.6. The van der Waals surface area contributed by atoms with Crippen molar-refractivity contribution in [3.63, 3.8) is 0 Å². The number of benzene rings is 4. The third-order valence-electron chi connectivity index (χ3n) is 8.68. The van der Waals surface area contributed by atoms with Gasteiger partial charge in [-0.2, -0.15) is 71.8 Å². The molecule has 6 heteroatoms. The summed E-state index contributed by atoms with van der Waals surface area (Å²) in [6.45, 7) is 17.8. The molecule has 54 heavy (non-hydrogen) atoms. The molecule has 8 rings (SSSR count). The van der Waals surface area contributed by atoms with Gasteiger partial charge in [0.15, 0.2) is 0 Å². The summed E-state index contributed by atoms with van der Waals surface area (Å²) >= 11 is 4.54. The first-order valence-electron chi connectivity index (χ1n) is 18.9. The van der Waals surface area contributed by atoms with Gasteiger partial charge in [0.05, 0.1) is 0 Å². The Morgan fingerprint density at radius 2 is 0.870 bits per heavy atom. The van der Waals surface area contributed by atoms with Crippen molar-refractivity contribution < 1.29 is 63.2 Å². The third-order valence-corrected chi connectivity index (χ3v) is 8.68. The van der Waals surface area contributed by atoms with Gasteiger partial charge in [0.1, 0.15) is 0 Å². The summed E-state index contributed by atoms with van der Waals surface area (Å²) in [5.41, 5.74) is 13.8. The molecule has 0 spiro atoms. The third kappa shape index (κ3) is 17.2. The maximum absolute atomic E-state index is 3.40. The molecule has 0 fully saturated rings. The molecule has 4 aromatic rings. The molecule has 0 N–H and O–H groups in total. The van der Waals surface area contributed by atoms with Crippen molar-refractivity contribution in [3.8, 4) is 22.3 Å². The predicted octanol–water partition coefficient (Wildman–Crippen LogP) is 7.14. The van der Waals surface area contributed by atoms with E-state index in [2.05, 4.69) is 214 Å². The molecule has 0 nitrogen and oxygen atoms in total. The minimum absolute atomic E-state index is 0. The molecule has 0 aromatic heterocycles. The van der Waals surface area contributed by atoms with E-state index < -0.39 is 0 Å². The van der Waals surface area contributed by atoms with Gasteiger partial charge in [0.25, 0.3) is 0 Å². The van der Waals surface area contributed by atoms with Crippen LogP contribution < -0.4 is 24.8 Å². The van der Waals surface area contributed by atoms with Crippen LogP contribution in [0.15, 0.2) is 120 Å². The normalized spacial score (nSPS) is 15.2. The summed E-state index contributed by atoms with van der Waals surface area (Å²) in [5, 5.41) is 0. The van der Waals surface area contributed by atoms with E-state index in [0.717, 1.165) is 25.7 Å². The first-order valence-corrected chi connectivity index (χ1v) is 28.6. The number of hydrogen-bond acceptors (Lipinski definition) is 0. The molecule has 4 aliphatic carbocycles. The molecule has 2 unspecified atom stereocenters. The number of rotatable bonds is 4. The van der Waals surface area contributed by atoms with Crippen LogP contribution in [0.5, 0.6) is 0 Å². The van der Waals surface area contributed by atoms with Crippen LogP contribution >= 0.6 is 0 Å². The maximum Gasteiger partial charge on any atom is -0.0253 e. The van der Waals surface area contributed by atoms with Crippen LogP contribution in [0.3, 0.4) is 0 Å². The standard InChI is InChI=1S/2C13H9.2C9H13.2C2H6Si.2ClH.2Ti/c2*1-3-7-12-10(5-1)9-11-6-2-4-8-13(11)12;2*1-3-8-5-6-9(4-2)7-8;2*1-3-2;;;;/h2*1-5,7-8H,9H2;2*5-6,8H,3-4H2,1-2H3;2*1-2H3;2*1H;;/q4*-1;;;;;2*+2/p-2. The summed E-state index contributed by atoms with van der Waals surface area (Å²) in [5.74, 6) is 1.22. The Labute approximate surface area is 365 Å². The Kier molecular flexibility index (Phi) is 25.9. The second-order valence-corrected chi connectivity index (χ2v) is 27.0. The van der Waals surface area contributed by atoms with Crippen molar-refractivity contribution in [2.45, 2.75) is 92.4 Å². The SMILES string of the molecule is CCC1=[C-]C(CC)C=C1.CCC1=[C-]C(CC)C=C1.C[Si](C)=[Ti+2].C[Si](C)=[Ti+2].[Cl-].[Cl-].[c-]1cccc2c1Cc1ccccc1-2.[c-]1cccc2c1Cc1ccccc1-2. The van der Waals surface area contributed by atoms with E-state index in [-0.39, 0.29) is 37.2 Å². The Bertz CT molecular complexity index is 1660. The van der Waals surface area contributed by atoms with E-state index in [1.165, 1.54) is 68.5 Å². The monoisotopic (exact) mass is 854 g/mol. The first kappa shape index (κ1) is 50.3. The van der Waals surface area contributed by atoms with Crippen molar-refractivity contribution in [1.82, 2.24) is 0 Å². The molecule has 280 valence electrons. The van der Waals surface area contributed by atoms with E-state index in [1.54, 1.807) is 0 Å². The number of hydrogen-bond donors (Lipinski definition) is 0. The Morgan fingerprint density at radius 1 is 0.537 bits per heavy atom. The first-order chi connectivity index (χ1) is 25.1. The van der Waals surface area contributed by atoms with Gasteiger partial charge < -0.3 is 24.8 Å². The predicted molar refractivity (Wildman–Crippen MR) is 222 cm³/mol. The Morgan fingerprint density at radius 3 is 1.17 bits per heavy atom. The zero-order valence-corrected chi connectivity index (χ0v) is 40.2. The van der Waals surface area contributed by atoms with E-state index >= 15 is 0 Å². The zero-order chi connectivity index (χ0) is 37.9. The second-order valence-electron chi connectivity index (χ2n) is 13.6. The molecule has 0 amide bonds. The molecule has 0 aliphatic heterocycles. The molecule has 0 radical (unpaired) electrons. The van der Waals surface area contributed by atoms with Gasteiger partial charge in [0, 0.05) is 0 Å². The van der Waals surface area contributed by atoms with Gasteiger partial charge in [-0.05, 0) is 12.8 Å². The number of allylic oxidation sites excluding steroid dienone is 8. The van der Waals surface area contributed by atoms with Crippen LogP contribution in [-0.4, -0.2) is 12.4 Å². The largest absolute Gasteiger partial charge is 1.00 e. The molecule has 4 aromatic carbocycles. The average molecular weight is 856 g/mol. The van der Waals surface area contributed by atoms with Gasteiger partial charge in [-0.25, -0.2) is 23.3 Å². The topological polar surface area (TPSA) is 0 Å². The number of fused-ring (bicyclic) bond motifs is 6. The van der Waals surface area contributed by atoms with Crippen LogP contribution in [-0.2, 0) is 51.2 Å². The van der Waals surface area contributed by atoms with Crippen LogP contribution in [0.1, 0.15) is 75.6 Å². The maximum atomic E-state index is 3.40. The minimum Gasteiger partial charge on any atom is -1.00 e. The molecular weight excluding hydrogens is 799 g/mol. The van der Waals surface area contributed by atoms with E-state index in [1.807, 2.05) is 12.1 Å². The fourth-order valence-electron chi connectivity index (χ4n) is 6.04. The molecule has 2 atom stereocenters. The van der Waals surface area contributed by atoms with Crippen LogP contribution in [0.25, 0.3) is 22.3 Å². The van der Waals surface area contributed by atoms with Crippen molar-refractivity contribution in [2.75, 3.05) is 0 Å². The van der Waals surface area contributed by atoms with Crippen molar-refractivity contribution in [2.24, 2.45) is 11.8 Å². The van der Waals surface area contributed by atoms with E-state index in [4.69, 9.17) is 0 Å². The van der Waals surface area contributed by atoms with Crippen LogP contribution in [0.2, 0.25) is 26.2 Å². The summed E-state index contributed by atoms with van der Waals surface area (Å²) in [7, 11) is 0. The van der Waals surface area contributed by atoms with Gasteiger partial charge in [-0.15, -0.1) is 11.1 Å². The fraction of sp³-hybridized carbons (Fsp3) is 0.333. The number of halogens is 2. The molecule has 0 saturated carbocycles. The van der Waals surface area contributed by atoms with Gasteiger partial charge in [-0.1, -0.05) is 136 Å². The average Bonchev–Trinajstić information content (AvgIpc) is 3.96. The molecule has 0 heterocycles. The molecule has 0 bridgehead atoms. The molecule has 0 saturated heterocycles. The minimum atomic E-state index is 0. The van der Waals surface area contributed by atoms with Crippen molar-refractivity contribution in [3.05, 3.63) is 167 Å². The van der Waals surface area contributed by atoms with Gasteiger partial charge >= 0.3 is 76.9 Å². The van der Waals surface area contributed by atoms with Crippen LogP contribution in [0, 0.1) is 36.1 Å².